The molecular weight excluding hydrogens is 526 g/mol. The van der Waals surface area contributed by atoms with Gasteiger partial charge in [0.05, 0.1) is 16.8 Å². The van der Waals surface area contributed by atoms with Crippen LogP contribution < -0.4 is 4.90 Å². The van der Waals surface area contributed by atoms with Gasteiger partial charge in [-0.15, -0.1) is 0 Å². The van der Waals surface area contributed by atoms with Crippen LogP contribution in [-0.2, 0) is 5.41 Å². The van der Waals surface area contributed by atoms with E-state index in [0.29, 0.717) is 0 Å². The predicted molar refractivity (Wildman–Crippen MR) is 178 cm³/mol. The molecule has 2 aromatic heterocycles. The first-order valence-electron chi connectivity index (χ1n) is 15.0. The van der Waals surface area contributed by atoms with Crippen LogP contribution in [0.15, 0.2) is 136 Å². The summed E-state index contributed by atoms with van der Waals surface area (Å²) >= 11 is 0. The van der Waals surface area contributed by atoms with E-state index >= 15 is 0 Å². The first-order valence-corrected chi connectivity index (χ1v) is 15.0. The van der Waals surface area contributed by atoms with Crippen LogP contribution in [0.5, 0.6) is 0 Å². The molecule has 0 radical (unpaired) electrons. The van der Waals surface area contributed by atoms with E-state index in [4.69, 9.17) is 8.83 Å². The van der Waals surface area contributed by atoms with Crippen LogP contribution in [0.4, 0.5) is 17.1 Å². The van der Waals surface area contributed by atoms with Gasteiger partial charge in [0.15, 0.2) is 0 Å². The van der Waals surface area contributed by atoms with E-state index in [0.717, 1.165) is 67.4 Å². The number of furan rings is 2. The van der Waals surface area contributed by atoms with Gasteiger partial charge in [-0.1, -0.05) is 92.7 Å². The number of fused-ring (bicyclic) bond motifs is 9. The van der Waals surface area contributed by atoms with Gasteiger partial charge in [0.1, 0.15) is 22.3 Å². The standard InChI is InChI=1S/C40H29NO2/c1-3-40(2)30-15-7-4-13-28(30)38-31(40)16-10-17-32(38)41(25-22-23-27-26-12-5-8-19-34(26)43-37(27)24-25)33-18-11-21-36-39(33)29-14-6-9-20-35(29)42-36/h4-24H,3H2,1-2H3. The molecule has 9 rings (SSSR count). The Morgan fingerprint density at radius 1 is 0.558 bits per heavy atom. The lowest BCUT2D eigenvalue weighted by atomic mass is 9.78. The summed E-state index contributed by atoms with van der Waals surface area (Å²) in [4.78, 5) is 2.41. The highest BCUT2D eigenvalue weighted by atomic mass is 16.3. The molecule has 0 bridgehead atoms. The summed E-state index contributed by atoms with van der Waals surface area (Å²) in [5.41, 5.74) is 12.1. The molecule has 3 heteroatoms. The lowest BCUT2D eigenvalue weighted by molar-refractivity contribution is 0.564. The average Bonchev–Trinajstić information content (AvgIpc) is 3.70. The van der Waals surface area contributed by atoms with E-state index in [9.17, 15) is 0 Å². The highest BCUT2D eigenvalue weighted by Gasteiger charge is 2.40. The number of rotatable bonds is 4. The minimum atomic E-state index is -0.0648. The number of para-hydroxylation sites is 2. The van der Waals surface area contributed by atoms with Crippen molar-refractivity contribution in [1.82, 2.24) is 0 Å². The second-order valence-electron chi connectivity index (χ2n) is 11.8. The molecule has 0 amide bonds. The molecular formula is C40H29NO2. The second-order valence-corrected chi connectivity index (χ2v) is 11.8. The SMILES string of the molecule is CCC1(C)c2ccccc2-c2c(N(c3ccc4c(c3)oc3ccccc34)c3cccc4oc5ccccc5c34)cccc21. The zero-order chi connectivity index (χ0) is 28.7. The Kier molecular flexibility index (Phi) is 5.01. The molecule has 0 fully saturated rings. The molecule has 1 aliphatic rings. The van der Waals surface area contributed by atoms with Crippen molar-refractivity contribution >= 4 is 60.9 Å². The normalized spacial score (nSPS) is 15.9. The third kappa shape index (κ3) is 3.31. The number of hydrogen-bond donors (Lipinski definition) is 0. The van der Waals surface area contributed by atoms with Crippen LogP contribution in [0.2, 0.25) is 0 Å². The Balaban J connectivity index is 1.39. The third-order valence-electron chi connectivity index (χ3n) is 9.62. The summed E-state index contributed by atoms with van der Waals surface area (Å²) in [6.45, 7) is 4.68. The van der Waals surface area contributed by atoms with E-state index in [1.54, 1.807) is 0 Å². The zero-order valence-corrected chi connectivity index (χ0v) is 24.1. The molecule has 206 valence electrons. The van der Waals surface area contributed by atoms with E-state index in [-0.39, 0.29) is 5.41 Å². The monoisotopic (exact) mass is 555 g/mol. The summed E-state index contributed by atoms with van der Waals surface area (Å²) in [7, 11) is 0. The predicted octanol–water partition coefficient (Wildman–Crippen LogP) is 11.7. The minimum absolute atomic E-state index is 0.0648. The fourth-order valence-corrected chi connectivity index (χ4v) is 7.38. The van der Waals surface area contributed by atoms with Gasteiger partial charge in [-0.05, 0) is 65.6 Å². The van der Waals surface area contributed by atoms with Gasteiger partial charge in [0, 0.05) is 38.9 Å². The summed E-state index contributed by atoms with van der Waals surface area (Å²) in [5.74, 6) is 0. The molecule has 2 heterocycles. The summed E-state index contributed by atoms with van der Waals surface area (Å²) in [5, 5.41) is 4.46. The van der Waals surface area contributed by atoms with Gasteiger partial charge < -0.3 is 13.7 Å². The van der Waals surface area contributed by atoms with E-state index < -0.39 is 0 Å². The van der Waals surface area contributed by atoms with Crippen molar-refractivity contribution < 1.29 is 8.83 Å². The molecule has 1 atom stereocenters. The summed E-state index contributed by atoms with van der Waals surface area (Å²) < 4.78 is 12.8. The second kappa shape index (κ2) is 8.86. The molecule has 0 N–H and O–H groups in total. The lowest BCUT2D eigenvalue weighted by Crippen LogP contribution is -2.19. The van der Waals surface area contributed by atoms with Crippen LogP contribution in [0, 0.1) is 0 Å². The summed E-state index contributed by atoms with van der Waals surface area (Å²) in [6, 6.07) is 45.3. The van der Waals surface area contributed by atoms with Crippen molar-refractivity contribution in [2.45, 2.75) is 25.7 Å². The van der Waals surface area contributed by atoms with Crippen molar-refractivity contribution in [3.05, 3.63) is 139 Å². The van der Waals surface area contributed by atoms with Crippen molar-refractivity contribution in [3.63, 3.8) is 0 Å². The average molecular weight is 556 g/mol. The van der Waals surface area contributed by atoms with Crippen LogP contribution >= 0.6 is 0 Å². The molecule has 0 saturated carbocycles. The summed E-state index contributed by atoms with van der Waals surface area (Å²) in [6.07, 6.45) is 1.02. The largest absolute Gasteiger partial charge is 0.456 e. The number of hydrogen-bond acceptors (Lipinski definition) is 3. The Labute approximate surface area is 249 Å². The fraction of sp³-hybridized carbons (Fsp3) is 0.100. The molecule has 0 aliphatic heterocycles. The van der Waals surface area contributed by atoms with Crippen molar-refractivity contribution in [2.75, 3.05) is 4.90 Å². The number of nitrogens with zero attached hydrogens (tertiary/aromatic N) is 1. The van der Waals surface area contributed by atoms with Crippen molar-refractivity contribution in [3.8, 4) is 11.1 Å². The third-order valence-corrected chi connectivity index (χ3v) is 9.62. The lowest BCUT2D eigenvalue weighted by Gasteiger charge is -2.30. The first kappa shape index (κ1) is 24.3. The van der Waals surface area contributed by atoms with Gasteiger partial charge in [-0.2, -0.15) is 0 Å². The molecule has 8 aromatic rings. The van der Waals surface area contributed by atoms with Crippen LogP contribution in [0.3, 0.4) is 0 Å². The van der Waals surface area contributed by atoms with Crippen LogP contribution in [0.25, 0.3) is 55.0 Å². The topological polar surface area (TPSA) is 29.5 Å². The van der Waals surface area contributed by atoms with E-state index in [1.165, 1.54) is 22.3 Å². The highest BCUT2D eigenvalue weighted by Crippen LogP contribution is 2.56. The van der Waals surface area contributed by atoms with E-state index in [2.05, 4.69) is 122 Å². The minimum Gasteiger partial charge on any atom is -0.456 e. The Bertz CT molecular complexity index is 2370. The molecule has 1 unspecified atom stereocenters. The fourth-order valence-electron chi connectivity index (χ4n) is 7.38. The highest BCUT2D eigenvalue weighted by molar-refractivity contribution is 6.14. The quantitative estimate of drug-likeness (QED) is 0.216. The molecule has 1 aliphatic carbocycles. The van der Waals surface area contributed by atoms with Crippen molar-refractivity contribution in [2.24, 2.45) is 0 Å². The van der Waals surface area contributed by atoms with Gasteiger partial charge in [-0.3, -0.25) is 0 Å². The van der Waals surface area contributed by atoms with Gasteiger partial charge in [0.25, 0.3) is 0 Å². The van der Waals surface area contributed by atoms with Gasteiger partial charge in [0.2, 0.25) is 0 Å². The maximum absolute atomic E-state index is 6.41. The first-order chi connectivity index (χ1) is 21.2. The number of anilines is 3. The van der Waals surface area contributed by atoms with E-state index in [1.807, 2.05) is 24.3 Å². The Morgan fingerprint density at radius 3 is 2.05 bits per heavy atom. The van der Waals surface area contributed by atoms with Gasteiger partial charge >= 0.3 is 0 Å². The zero-order valence-electron chi connectivity index (χ0n) is 24.1. The molecule has 3 nitrogen and oxygen atoms in total. The molecule has 0 saturated heterocycles. The van der Waals surface area contributed by atoms with Gasteiger partial charge in [-0.25, -0.2) is 0 Å². The van der Waals surface area contributed by atoms with Crippen LogP contribution in [0.1, 0.15) is 31.4 Å². The number of benzene rings is 6. The maximum Gasteiger partial charge on any atom is 0.137 e. The molecule has 0 spiro atoms. The maximum atomic E-state index is 6.41. The van der Waals surface area contributed by atoms with Crippen molar-refractivity contribution in [1.29, 1.82) is 0 Å². The Morgan fingerprint density at radius 2 is 1.19 bits per heavy atom. The molecule has 6 aromatic carbocycles. The Hall–Kier alpha value is -5.28. The smallest absolute Gasteiger partial charge is 0.137 e. The van der Waals surface area contributed by atoms with Crippen LogP contribution in [-0.4, -0.2) is 0 Å². The molecule has 43 heavy (non-hydrogen) atoms.